The van der Waals surface area contributed by atoms with Gasteiger partial charge in [-0.15, -0.1) is 0 Å². The van der Waals surface area contributed by atoms with Gasteiger partial charge in [-0.1, -0.05) is 48.5 Å². The van der Waals surface area contributed by atoms with Crippen molar-refractivity contribution >= 4 is 27.8 Å². The number of aliphatic hydroxyl groups is 1. The molecule has 4 rings (SSSR count). The van der Waals surface area contributed by atoms with Crippen molar-refractivity contribution in [2.75, 3.05) is 6.61 Å². The molecule has 0 bridgehead atoms. The molecule has 0 fully saturated rings. The molecule has 3 nitrogen and oxygen atoms in total. The van der Waals surface area contributed by atoms with Gasteiger partial charge in [-0.25, -0.2) is 0 Å². The number of aldehydes is 1. The van der Waals surface area contributed by atoms with Crippen LogP contribution in [0.3, 0.4) is 0 Å². The molecule has 0 unspecified atom stereocenters. The number of carbonyl (C=O) groups excluding carboxylic acids is 1. The van der Waals surface area contributed by atoms with Gasteiger partial charge in [-0.05, 0) is 51.7 Å². The molecule has 0 saturated carbocycles. The number of aromatic hydroxyl groups is 1. The predicted octanol–water partition coefficient (Wildman–Crippen LogP) is 4.71. The maximum atomic E-state index is 11.5. The monoisotopic (exact) mass is 342 g/mol. The van der Waals surface area contributed by atoms with Crippen LogP contribution < -0.4 is 0 Å². The third kappa shape index (κ3) is 2.63. The number of carbonyl (C=O) groups is 1. The van der Waals surface area contributed by atoms with Crippen LogP contribution in [0.15, 0.2) is 66.7 Å². The first-order valence-corrected chi connectivity index (χ1v) is 8.55. The van der Waals surface area contributed by atoms with Crippen LogP contribution in [-0.4, -0.2) is 23.1 Å². The Labute approximate surface area is 151 Å². The van der Waals surface area contributed by atoms with Gasteiger partial charge in [0.15, 0.2) is 6.29 Å². The van der Waals surface area contributed by atoms with Crippen LogP contribution in [0.2, 0.25) is 0 Å². The number of hydrogen-bond donors (Lipinski definition) is 2. The van der Waals surface area contributed by atoms with Crippen LogP contribution in [0.5, 0.6) is 5.75 Å². The summed E-state index contributed by atoms with van der Waals surface area (Å²) in [7, 11) is 0. The Balaban J connectivity index is 2.16. The van der Waals surface area contributed by atoms with Crippen LogP contribution in [0.25, 0.3) is 32.7 Å². The van der Waals surface area contributed by atoms with Gasteiger partial charge < -0.3 is 10.2 Å². The zero-order valence-electron chi connectivity index (χ0n) is 14.1. The molecule has 2 N–H and O–H groups in total. The second-order valence-corrected chi connectivity index (χ2v) is 6.37. The zero-order valence-corrected chi connectivity index (χ0v) is 14.1. The predicted molar refractivity (Wildman–Crippen MR) is 105 cm³/mol. The van der Waals surface area contributed by atoms with E-state index in [0.717, 1.165) is 32.7 Å². The summed E-state index contributed by atoms with van der Waals surface area (Å²) in [6.07, 6.45) is 1.09. The van der Waals surface area contributed by atoms with Crippen LogP contribution in [-0.2, 0) is 6.42 Å². The molecular weight excluding hydrogens is 324 g/mol. The molecule has 0 aliphatic carbocycles. The number of rotatable bonds is 4. The molecular formula is C23H18O3. The van der Waals surface area contributed by atoms with Gasteiger partial charge >= 0.3 is 0 Å². The first kappa shape index (κ1) is 16.3. The molecule has 0 heterocycles. The molecule has 0 atom stereocenters. The minimum Gasteiger partial charge on any atom is -0.507 e. The maximum Gasteiger partial charge on any atom is 0.153 e. The second kappa shape index (κ2) is 6.62. The summed E-state index contributed by atoms with van der Waals surface area (Å²) >= 11 is 0. The number of phenols is 1. The highest BCUT2D eigenvalue weighted by molar-refractivity contribution is 6.14. The van der Waals surface area contributed by atoms with Gasteiger partial charge in [-0.3, -0.25) is 4.79 Å². The molecule has 4 aromatic rings. The van der Waals surface area contributed by atoms with Crippen LogP contribution in [0.4, 0.5) is 0 Å². The standard InChI is InChI=1S/C23H18O3/c24-10-9-15-11-18(14-25)23(26)21(12-15)22-19-7-3-1-5-16(19)13-17-6-2-4-8-20(17)22/h1-8,11-14,24,26H,9-10H2. The van der Waals surface area contributed by atoms with Gasteiger partial charge in [0.2, 0.25) is 0 Å². The summed E-state index contributed by atoms with van der Waals surface area (Å²) in [6, 6.07) is 21.7. The average Bonchev–Trinajstić information content (AvgIpc) is 2.67. The molecule has 0 aromatic heterocycles. The fraction of sp³-hybridized carbons (Fsp3) is 0.0870. The van der Waals surface area contributed by atoms with Crippen LogP contribution in [0.1, 0.15) is 15.9 Å². The number of fused-ring (bicyclic) bond motifs is 2. The lowest BCUT2D eigenvalue weighted by Gasteiger charge is -2.15. The highest BCUT2D eigenvalue weighted by Crippen LogP contribution is 2.41. The Morgan fingerprint density at radius 1 is 0.846 bits per heavy atom. The highest BCUT2D eigenvalue weighted by Gasteiger charge is 2.16. The van der Waals surface area contributed by atoms with Crippen molar-refractivity contribution in [3.8, 4) is 16.9 Å². The van der Waals surface area contributed by atoms with Gasteiger partial charge in [0.05, 0.1) is 5.56 Å². The molecule has 0 aliphatic heterocycles. The first-order chi connectivity index (χ1) is 12.7. The first-order valence-electron chi connectivity index (χ1n) is 8.55. The van der Waals surface area contributed by atoms with Gasteiger partial charge in [0.25, 0.3) is 0 Å². The van der Waals surface area contributed by atoms with E-state index in [2.05, 4.69) is 6.07 Å². The summed E-state index contributed by atoms with van der Waals surface area (Å²) in [4.78, 5) is 11.5. The van der Waals surface area contributed by atoms with E-state index < -0.39 is 0 Å². The lowest BCUT2D eigenvalue weighted by molar-refractivity contribution is 0.112. The van der Waals surface area contributed by atoms with Crippen LogP contribution >= 0.6 is 0 Å². The fourth-order valence-corrected chi connectivity index (χ4v) is 3.58. The smallest absolute Gasteiger partial charge is 0.153 e. The van der Waals surface area contributed by atoms with E-state index in [1.807, 2.05) is 54.6 Å². The van der Waals surface area contributed by atoms with E-state index in [4.69, 9.17) is 0 Å². The molecule has 4 aromatic carbocycles. The molecule has 26 heavy (non-hydrogen) atoms. The number of benzene rings is 4. The SMILES string of the molecule is O=Cc1cc(CCO)cc(-c2c3ccccc3cc3ccccc23)c1O. The summed E-state index contributed by atoms with van der Waals surface area (Å²) < 4.78 is 0. The van der Waals surface area contributed by atoms with E-state index >= 15 is 0 Å². The Morgan fingerprint density at radius 2 is 1.46 bits per heavy atom. The van der Waals surface area contributed by atoms with E-state index in [0.29, 0.717) is 18.3 Å². The zero-order chi connectivity index (χ0) is 18.1. The Hall–Kier alpha value is -3.17. The average molecular weight is 342 g/mol. The van der Waals surface area contributed by atoms with E-state index in [-0.39, 0.29) is 17.9 Å². The third-order valence-corrected chi connectivity index (χ3v) is 4.77. The Kier molecular flexibility index (Phi) is 4.15. The van der Waals surface area contributed by atoms with Crippen molar-refractivity contribution in [1.29, 1.82) is 0 Å². The molecule has 0 amide bonds. The summed E-state index contributed by atoms with van der Waals surface area (Å²) in [5, 5.41) is 24.2. The third-order valence-electron chi connectivity index (χ3n) is 4.77. The van der Waals surface area contributed by atoms with Crippen molar-refractivity contribution in [3.05, 3.63) is 77.9 Å². The molecule has 0 aliphatic rings. The molecule has 128 valence electrons. The number of phenolic OH excluding ortho intramolecular Hbond substituents is 1. The fourth-order valence-electron chi connectivity index (χ4n) is 3.58. The van der Waals surface area contributed by atoms with Gasteiger partial charge in [-0.2, -0.15) is 0 Å². The van der Waals surface area contributed by atoms with Crippen molar-refractivity contribution in [1.82, 2.24) is 0 Å². The van der Waals surface area contributed by atoms with Gasteiger partial charge in [0.1, 0.15) is 5.75 Å². The topological polar surface area (TPSA) is 57.5 Å². The van der Waals surface area contributed by atoms with E-state index in [1.54, 1.807) is 6.07 Å². The number of hydrogen-bond acceptors (Lipinski definition) is 3. The van der Waals surface area contributed by atoms with E-state index in [9.17, 15) is 15.0 Å². The normalized spacial score (nSPS) is 11.1. The van der Waals surface area contributed by atoms with Gasteiger partial charge in [0, 0.05) is 17.7 Å². The summed E-state index contributed by atoms with van der Waals surface area (Å²) in [5.41, 5.74) is 2.58. The minimum atomic E-state index is -0.0248. The highest BCUT2D eigenvalue weighted by atomic mass is 16.3. The van der Waals surface area contributed by atoms with Crippen molar-refractivity contribution in [2.45, 2.75) is 6.42 Å². The molecule has 0 radical (unpaired) electrons. The minimum absolute atomic E-state index is 0.0151. The van der Waals surface area contributed by atoms with Crippen LogP contribution in [0, 0.1) is 0 Å². The molecule has 0 saturated heterocycles. The van der Waals surface area contributed by atoms with Crippen molar-refractivity contribution in [2.24, 2.45) is 0 Å². The summed E-state index contributed by atoms with van der Waals surface area (Å²) in [5.74, 6) is -0.0248. The largest absolute Gasteiger partial charge is 0.507 e. The summed E-state index contributed by atoms with van der Waals surface area (Å²) in [6.45, 7) is -0.0151. The quantitative estimate of drug-likeness (QED) is 0.417. The lowest BCUT2D eigenvalue weighted by Crippen LogP contribution is -1.96. The molecule has 3 heteroatoms. The number of aliphatic hydroxyl groups excluding tert-OH is 1. The Bertz CT molecular complexity index is 1080. The van der Waals surface area contributed by atoms with Crippen molar-refractivity contribution < 1.29 is 15.0 Å². The lowest BCUT2D eigenvalue weighted by atomic mass is 9.89. The second-order valence-electron chi connectivity index (χ2n) is 6.37. The van der Waals surface area contributed by atoms with E-state index in [1.165, 1.54) is 0 Å². The molecule has 0 spiro atoms. The maximum absolute atomic E-state index is 11.5. The van der Waals surface area contributed by atoms with Crippen molar-refractivity contribution in [3.63, 3.8) is 0 Å². The Morgan fingerprint density at radius 3 is 2.04 bits per heavy atom.